The van der Waals surface area contributed by atoms with E-state index < -0.39 is 16.8 Å². The van der Waals surface area contributed by atoms with E-state index in [0.29, 0.717) is 19.3 Å². The zero-order valence-corrected chi connectivity index (χ0v) is 12.9. The maximum Gasteiger partial charge on any atom is 0.261 e. The second-order valence-electron chi connectivity index (χ2n) is 6.49. The van der Waals surface area contributed by atoms with Crippen molar-refractivity contribution in [1.29, 1.82) is 0 Å². The summed E-state index contributed by atoms with van der Waals surface area (Å²) in [7, 11) is 0. The molecule has 112 valence electrons. The van der Waals surface area contributed by atoms with E-state index in [0.717, 1.165) is 32.5 Å². The smallest absolute Gasteiger partial charge is 0.261 e. The van der Waals surface area contributed by atoms with Gasteiger partial charge in [-0.15, -0.1) is 0 Å². The molecule has 0 bridgehead atoms. The molecule has 1 saturated heterocycles. The zero-order valence-electron chi connectivity index (χ0n) is 12.9. The molecule has 2 atom stereocenters. The summed E-state index contributed by atoms with van der Waals surface area (Å²) in [4.78, 5) is 2.39. The van der Waals surface area contributed by atoms with Crippen LogP contribution in [-0.4, -0.2) is 30.5 Å². The highest BCUT2D eigenvalue weighted by atomic mass is 19.3. The number of halogens is 2. The van der Waals surface area contributed by atoms with E-state index >= 15 is 0 Å². The summed E-state index contributed by atoms with van der Waals surface area (Å²) in [6.07, 6.45) is 3.95. The summed E-state index contributed by atoms with van der Waals surface area (Å²) in [5.74, 6) is -2.27. The molecule has 0 radical (unpaired) electrons. The third kappa shape index (κ3) is 1.66. The molecule has 0 amide bonds. The number of likely N-dealkylation sites (tertiary alicyclic amines) is 1. The first kappa shape index (κ1) is 15.2. The van der Waals surface area contributed by atoms with Crippen LogP contribution in [0.2, 0.25) is 0 Å². The van der Waals surface area contributed by atoms with E-state index in [2.05, 4.69) is 18.7 Å². The Hall–Kier alpha value is -0.180. The minimum atomic E-state index is -2.44. The average Bonchev–Trinajstić information content (AvgIpc) is 2.83. The summed E-state index contributed by atoms with van der Waals surface area (Å²) in [6, 6.07) is 0. The monoisotopic (exact) mass is 273 g/mol. The lowest BCUT2D eigenvalue weighted by molar-refractivity contribution is -0.00621. The maximum absolute atomic E-state index is 14.7. The Morgan fingerprint density at radius 1 is 1.11 bits per heavy atom. The molecular formula is C16H29F2N. The van der Waals surface area contributed by atoms with Crippen molar-refractivity contribution in [2.75, 3.05) is 19.6 Å². The number of rotatable bonds is 5. The second kappa shape index (κ2) is 4.98. The molecule has 1 aliphatic carbocycles. The predicted molar refractivity (Wildman–Crippen MR) is 75.5 cm³/mol. The molecule has 1 nitrogen and oxygen atoms in total. The Labute approximate surface area is 116 Å². The predicted octanol–water partition coefficient (Wildman–Crippen LogP) is 4.57. The first-order chi connectivity index (χ1) is 8.97. The first-order valence-electron chi connectivity index (χ1n) is 8.07. The lowest BCUT2D eigenvalue weighted by Crippen LogP contribution is -2.44. The molecule has 19 heavy (non-hydrogen) atoms. The average molecular weight is 273 g/mol. The number of nitrogens with zero attached hydrogens (tertiary/aromatic N) is 1. The third-order valence-electron chi connectivity index (χ3n) is 6.19. The molecular weight excluding hydrogens is 244 g/mol. The van der Waals surface area contributed by atoms with Gasteiger partial charge in [0.2, 0.25) is 0 Å². The Bertz CT molecular complexity index is 325. The molecule has 0 aromatic rings. The van der Waals surface area contributed by atoms with Crippen molar-refractivity contribution in [3.8, 4) is 0 Å². The Balaban J connectivity index is 2.25. The van der Waals surface area contributed by atoms with E-state index in [-0.39, 0.29) is 5.92 Å². The van der Waals surface area contributed by atoms with Crippen molar-refractivity contribution in [1.82, 2.24) is 4.90 Å². The van der Waals surface area contributed by atoms with Gasteiger partial charge in [-0.25, -0.2) is 8.78 Å². The van der Waals surface area contributed by atoms with Crippen molar-refractivity contribution < 1.29 is 8.78 Å². The van der Waals surface area contributed by atoms with Crippen LogP contribution < -0.4 is 0 Å². The van der Waals surface area contributed by atoms with E-state index in [4.69, 9.17) is 0 Å². The first-order valence-corrected chi connectivity index (χ1v) is 8.07. The molecule has 1 heterocycles. The van der Waals surface area contributed by atoms with Gasteiger partial charge in [0.05, 0.1) is 5.41 Å². The van der Waals surface area contributed by atoms with E-state index in [1.807, 2.05) is 13.8 Å². The molecule has 1 spiro atoms. The lowest BCUT2D eigenvalue weighted by Gasteiger charge is -2.40. The van der Waals surface area contributed by atoms with Gasteiger partial charge < -0.3 is 4.90 Å². The van der Waals surface area contributed by atoms with Crippen molar-refractivity contribution in [3.63, 3.8) is 0 Å². The highest BCUT2D eigenvalue weighted by Gasteiger charge is 2.90. The zero-order chi connectivity index (χ0) is 14.3. The van der Waals surface area contributed by atoms with Crippen LogP contribution >= 0.6 is 0 Å². The van der Waals surface area contributed by atoms with Crippen LogP contribution in [0.25, 0.3) is 0 Å². The topological polar surface area (TPSA) is 3.24 Å². The minimum Gasteiger partial charge on any atom is -0.303 e. The Morgan fingerprint density at radius 2 is 1.74 bits per heavy atom. The lowest BCUT2D eigenvalue weighted by atomic mass is 9.73. The molecule has 2 aliphatic rings. The second-order valence-corrected chi connectivity index (χ2v) is 6.49. The molecule has 1 saturated carbocycles. The number of alkyl halides is 2. The van der Waals surface area contributed by atoms with Gasteiger partial charge in [-0.3, -0.25) is 0 Å². The van der Waals surface area contributed by atoms with Crippen LogP contribution in [0.5, 0.6) is 0 Å². The number of piperidine rings is 1. The Morgan fingerprint density at radius 3 is 2.16 bits per heavy atom. The molecule has 0 aromatic carbocycles. The number of hydrogen-bond acceptors (Lipinski definition) is 1. The van der Waals surface area contributed by atoms with Crippen molar-refractivity contribution in [3.05, 3.63) is 0 Å². The van der Waals surface area contributed by atoms with E-state index in [9.17, 15) is 8.78 Å². The highest BCUT2D eigenvalue weighted by Crippen LogP contribution is 2.83. The molecule has 1 aliphatic heterocycles. The maximum atomic E-state index is 14.7. The SMILES string of the molecule is CCCN1CCC2(C(CC)C1)C(F)(F)C2(CC)CC. The largest absolute Gasteiger partial charge is 0.303 e. The fourth-order valence-electron chi connectivity index (χ4n) is 5.16. The normalized spacial score (nSPS) is 36.6. The van der Waals surface area contributed by atoms with E-state index in [1.165, 1.54) is 0 Å². The van der Waals surface area contributed by atoms with Crippen molar-refractivity contribution in [2.45, 2.75) is 65.7 Å². The summed E-state index contributed by atoms with van der Waals surface area (Å²) in [5, 5.41) is 0. The van der Waals surface area contributed by atoms with Crippen molar-refractivity contribution >= 4 is 0 Å². The fraction of sp³-hybridized carbons (Fsp3) is 1.00. The highest BCUT2D eigenvalue weighted by molar-refractivity contribution is 5.30. The summed E-state index contributed by atoms with van der Waals surface area (Å²) >= 11 is 0. The van der Waals surface area contributed by atoms with Crippen LogP contribution in [0, 0.1) is 16.7 Å². The molecule has 2 fully saturated rings. The fourth-order valence-corrected chi connectivity index (χ4v) is 5.16. The summed E-state index contributed by atoms with van der Waals surface area (Å²) in [6.45, 7) is 11.0. The van der Waals surface area contributed by atoms with Gasteiger partial charge in [0, 0.05) is 12.0 Å². The van der Waals surface area contributed by atoms with Crippen LogP contribution in [0.1, 0.15) is 59.8 Å². The quantitative estimate of drug-likeness (QED) is 0.709. The van der Waals surface area contributed by atoms with Gasteiger partial charge in [0.15, 0.2) is 0 Å². The van der Waals surface area contributed by atoms with Crippen molar-refractivity contribution in [2.24, 2.45) is 16.7 Å². The molecule has 2 rings (SSSR count). The number of hydrogen-bond donors (Lipinski definition) is 0. The van der Waals surface area contributed by atoms with Gasteiger partial charge >= 0.3 is 0 Å². The third-order valence-corrected chi connectivity index (χ3v) is 6.19. The van der Waals surface area contributed by atoms with Gasteiger partial charge in [-0.1, -0.05) is 34.1 Å². The van der Waals surface area contributed by atoms with Crippen LogP contribution in [-0.2, 0) is 0 Å². The summed E-state index contributed by atoms with van der Waals surface area (Å²) in [5.41, 5.74) is -1.40. The van der Waals surface area contributed by atoms with Gasteiger partial charge in [0.1, 0.15) is 0 Å². The molecule has 0 aromatic heterocycles. The van der Waals surface area contributed by atoms with Crippen LogP contribution in [0.4, 0.5) is 8.78 Å². The van der Waals surface area contributed by atoms with E-state index in [1.54, 1.807) is 0 Å². The standard InChI is InChI=1S/C16H29F2N/c1-5-10-19-11-9-15(13(6-2)12-19)14(7-3,8-4)16(15,17)18/h13H,5-12H2,1-4H3. The Kier molecular flexibility index (Phi) is 3.99. The van der Waals surface area contributed by atoms with Crippen LogP contribution in [0.15, 0.2) is 0 Å². The molecule has 2 unspecified atom stereocenters. The molecule has 0 N–H and O–H groups in total. The molecule has 3 heteroatoms. The minimum absolute atomic E-state index is 0.169. The van der Waals surface area contributed by atoms with Gasteiger partial charge in [-0.05, 0) is 44.7 Å². The van der Waals surface area contributed by atoms with Gasteiger partial charge in [-0.2, -0.15) is 0 Å². The van der Waals surface area contributed by atoms with Crippen LogP contribution in [0.3, 0.4) is 0 Å². The van der Waals surface area contributed by atoms with Gasteiger partial charge in [0.25, 0.3) is 5.92 Å². The summed E-state index contributed by atoms with van der Waals surface area (Å²) < 4.78 is 29.4.